The average molecular weight is 591 g/mol. The van der Waals surface area contributed by atoms with Gasteiger partial charge in [0.1, 0.15) is 16.2 Å². The van der Waals surface area contributed by atoms with Gasteiger partial charge in [-0.3, -0.25) is 9.52 Å². The molecule has 40 heavy (non-hydrogen) atoms. The molecular weight excluding hydrogens is 563 g/mol. The van der Waals surface area contributed by atoms with Crippen molar-refractivity contribution in [2.45, 2.75) is 36.7 Å². The van der Waals surface area contributed by atoms with Gasteiger partial charge in [-0.1, -0.05) is 6.07 Å². The Morgan fingerprint density at radius 1 is 1.20 bits per heavy atom. The van der Waals surface area contributed by atoms with E-state index in [0.717, 1.165) is 31.6 Å². The van der Waals surface area contributed by atoms with Crippen LogP contribution in [0.3, 0.4) is 0 Å². The lowest BCUT2D eigenvalue weighted by Gasteiger charge is -2.44. The van der Waals surface area contributed by atoms with Crippen molar-refractivity contribution in [3.63, 3.8) is 0 Å². The first kappa shape index (κ1) is 26.6. The second-order valence-electron chi connectivity index (χ2n) is 10.6. The molecule has 2 saturated carbocycles. The molecule has 2 fully saturated rings. The van der Waals surface area contributed by atoms with Crippen LogP contribution in [0.1, 0.15) is 24.8 Å². The fraction of sp³-hybridized carbons (Fsp3) is 0.385. The minimum Gasteiger partial charge on any atom is -0.511 e. The van der Waals surface area contributed by atoms with Crippen LogP contribution in [0.5, 0.6) is 5.75 Å². The lowest BCUT2D eigenvalue weighted by molar-refractivity contribution is -0.134. The SMILES string of the molecule is COc1cc(CN2C(=O)C(C3=NS(=O)(=O)c4cc(NS(C)(=O)=O)ccc4N3)=C(O)C3C2[C@@H]2CC[C@H]3C2)ccc1F. The van der Waals surface area contributed by atoms with E-state index in [1.54, 1.807) is 11.0 Å². The lowest BCUT2D eigenvalue weighted by Crippen LogP contribution is -2.53. The molecule has 6 rings (SSSR count). The second-order valence-corrected chi connectivity index (χ2v) is 14.0. The molecule has 11 nitrogen and oxygen atoms in total. The highest BCUT2D eigenvalue weighted by Gasteiger charge is 2.57. The quantitative estimate of drug-likeness (QED) is 0.464. The number of aliphatic hydroxyl groups excluding tert-OH is 1. The monoisotopic (exact) mass is 590 g/mol. The van der Waals surface area contributed by atoms with E-state index in [9.17, 15) is 31.1 Å². The van der Waals surface area contributed by atoms with Gasteiger partial charge in [-0.25, -0.2) is 12.8 Å². The van der Waals surface area contributed by atoms with E-state index < -0.39 is 31.8 Å². The first-order valence-corrected chi connectivity index (χ1v) is 16.0. The molecule has 2 heterocycles. The third-order valence-corrected chi connectivity index (χ3v) is 10.0. The van der Waals surface area contributed by atoms with Crippen LogP contribution >= 0.6 is 0 Å². The molecule has 212 valence electrons. The molecule has 2 aromatic rings. The maximum atomic E-state index is 14.1. The summed E-state index contributed by atoms with van der Waals surface area (Å²) in [6, 6.07) is 7.93. The van der Waals surface area contributed by atoms with Crippen LogP contribution in [-0.4, -0.2) is 58.0 Å². The van der Waals surface area contributed by atoms with E-state index in [0.29, 0.717) is 5.56 Å². The van der Waals surface area contributed by atoms with E-state index >= 15 is 0 Å². The normalized spacial score (nSPS) is 26.6. The Morgan fingerprint density at radius 2 is 1.95 bits per heavy atom. The maximum absolute atomic E-state index is 14.1. The summed E-state index contributed by atoms with van der Waals surface area (Å²) in [4.78, 5) is 15.4. The molecule has 2 aliphatic carbocycles. The molecule has 1 amide bonds. The summed E-state index contributed by atoms with van der Waals surface area (Å²) < 4.78 is 74.9. The van der Waals surface area contributed by atoms with Crippen molar-refractivity contribution in [2.24, 2.45) is 22.2 Å². The van der Waals surface area contributed by atoms with Crippen LogP contribution in [0.15, 0.2) is 57.0 Å². The van der Waals surface area contributed by atoms with Crippen molar-refractivity contribution in [3.8, 4) is 5.75 Å². The van der Waals surface area contributed by atoms with Crippen LogP contribution < -0.4 is 14.8 Å². The van der Waals surface area contributed by atoms with Crippen molar-refractivity contribution in [2.75, 3.05) is 23.4 Å². The van der Waals surface area contributed by atoms with Gasteiger partial charge in [0, 0.05) is 24.2 Å². The number of fused-ring (bicyclic) bond motifs is 6. The number of hydrogen-bond donors (Lipinski definition) is 3. The summed E-state index contributed by atoms with van der Waals surface area (Å²) in [6.45, 7) is 0.105. The molecule has 0 aromatic heterocycles. The van der Waals surface area contributed by atoms with Gasteiger partial charge in [0.2, 0.25) is 10.0 Å². The molecular formula is C26H27FN4O7S2. The van der Waals surface area contributed by atoms with Crippen molar-refractivity contribution < 1.29 is 35.9 Å². The Labute approximate surface area is 230 Å². The summed E-state index contributed by atoms with van der Waals surface area (Å²) in [5.41, 5.74) is 0.514. The number of anilines is 2. The van der Waals surface area contributed by atoms with Crippen LogP contribution in [-0.2, 0) is 31.4 Å². The Hall–Kier alpha value is -3.65. The van der Waals surface area contributed by atoms with Crippen molar-refractivity contribution >= 4 is 43.2 Å². The molecule has 2 aliphatic heterocycles. The van der Waals surface area contributed by atoms with Crippen LogP contribution in [0.2, 0.25) is 0 Å². The van der Waals surface area contributed by atoms with E-state index in [1.165, 1.54) is 31.4 Å². The number of sulfonamides is 2. The van der Waals surface area contributed by atoms with E-state index in [1.807, 2.05) is 0 Å². The summed E-state index contributed by atoms with van der Waals surface area (Å²) in [6.07, 6.45) is 3.57. The van der Waals surface area contributed by atoms with E-state index in [-0.39, 0.29) is 69.5 Å². The highest BCUT2D eigenvalue weighted by atomic mass is 32.2. The summed E-state index contributed by atoms with van der Waals surface area (Å²) in [5, 5.41) is 14.3. The lowest BCUT2D eigenvalue weighted by atomic mass is 9.77. The second kappa shape index (κ2) is 9.20. The number of hydrogen-bond acceptors (Lipinski definition) is 8. The number of carbonyl (C=O) groups is 1. The molecule has 0 radical (unpaired) electrons. The van der Waals surface area contributed by atoms with Gasteiger partial charge >= 0.3 is 0 Å². The number of carbonyl (C=O) groups excluding carboxylic acids is 1. The zero-order valence-corrected chi connectivity index (χ0v) is 23.2. The van der Waals surface area contributed by atoms with Gasteiger partial charge in [0.05, 0.1) is 19.1 Å². The minimum atomic E-state index is -4.37. The fourth-order valence-electron chi connectivity index (χ4n) is 6.59. The number of amidine groups is 1. The minimum absolute atomic E-state index is 0.0341. The van der Waals surface area contributed by atoms with E-state index in [4.69, 9.17) is 4.74 Å². The number of nitrogens with zero attached hydrogens (tertiary/aromatic N) is 2. The summed E-state index contributed by atoms with van der Waals surface area (Å²) in [5.74, 6) is -1.66. The zero-order valence-electron chi connectivity index (χ0n) is 21.6. The Morgan fingerprint density at radius 3 is 2.67 bits per heavy atom. The maximum Gasteiger partial charge on any atom is 0.286 e. The molecule has 4 aliphatic rings. The molecule has 2 aromatic carbocycles. The predicted octanol–water partition coefficient (Wildman–Crippen LogP) is 2.99. The standard InChI is InChI=1S/C26H27FN4O7S2/c1-38-19-9-13(3-7-17(19)27)12-31-23-15-5-4-14(10-15)21(23)24(32)22(26(31)33)25-28-18-8-6-16(29-39(2,34)35)11-20(18)40(36,37)30-25/h3,6-9,11,14-15,21,23,29,32H,4-5,10,12H2,1-2H3,(H,28,30)/t14-,15+,21?,23?/m0/s1. The largest absolute Gasteiger partial charge is 0.511 e. The van der Waals surface area contributed by atoms with Gasteiger partial charge < -0.3 is 20.1 Å². The number of nitrogens with one attached hydrogen (secondary N) is 2. The fourth-order valence-corrected chi connectivity index (χ4v) is 8.30. The topological polar surface area (TPSA) is 154 Å². The highest BCUT2D eigenvalue weighted by molar-refractivity contribution is 7.92. The third-order valence-electron chi connectivity index (χ3n) is 8.11. The molecule has 0 saturated heterocycles. The van der Waals surface area contributed by atoms with Crippen LogP contribution in [0.25, 0.3) is 0 Å². The van der Waals surface area contributed by atoms with Gasteiger partial charge in [0.15, 0.2) is 17.4 Å². The summed E-state index contributed by atoms with van der Waals surface area (Å²) in [7, 11) is -6.68. The van der Waals surface area contributed by atoms with Gasteiger partial charge in [-0.05, 0) is 67.0 Å². The number of benzene rings is 2. The molecule has 2 unspecified atom stereocenters. The number of ether oxygens (including phenoxy) is 1. The van der Waals surface area contributed by atoms with Crippen LogP contribution in [0, 0.1) is 23.6 Å². The molecule has 14 heteroatoms. The Bertz CT molecular complexity index is 1720. The Kier molecular flexibility index (Phi) is 6.11. The Balaban J connectivity index is 1.40. The van der Waals surface area contributed by atoms with E-state index in [2.05, 4.69) is 14.4 Å². The summed E-state index contributed by atoms with van der Waals surface area (Å²) >= 11 is 0. The van der Waals surface area contributed by atoms with Crippen molar-refractivity contribution in [3.05, 3.63) is 59.1 Å². The predicted molar refractivity (Wildman–Crippen MR) is 144 cm³/mol. The first-order valence-electron chi connectivity index (χ1n) is 12.7. The molecule has 4 atom stereocenters. The number of amides is 1. The first-order chi connectivity index (χ1) is 18.9. The zero-order chi connectivity index (χ0) is 28.6. The van der Waals surface area contributed by atoms with Crippen molar-refractivity contribution in [1.82, 2.24) is 4.90 Å². The van der Waals surface area contributed by atoms with Crippen LogP contribution in [0.4, 0.5) is 15.8 Å². The molecule has 2 bridgehead atoms. The smallest absolute Gasteiger partial charge is 0.286 e. The third kappa shape index (κ3) is 4.38. The van der Waals surface area contributed by atoms with Crippen molar-refractivity contribution in [1.29, 1.82) is 0 Å². The number of aliphatic hydroxyl groups is 1. The van der Waals surface area contributed by atoms with Gasteiger partial charge in [0.25, 0.3) is 15.9 Å². The van der Waals surface area contributed by atoms with Gasteiger partial charge in [-0.15, -0.1) is 4.40 Å². The number of halogens is 1. The van der Waals surface area contributed by atoms with Gasteiger partial charge in [-0.2, -0.15) is 8.42 Å². The molecule has 0 spiro atoms. The average Bonchev–Trinajstić information content (AvgIpc) is 3.49. The number of methoxy groups -OCH3 is 1. The highest BCUT2D eigenvalue weighted by Crippen LogP contribution is 2.55. The molecule has 3 N–H and O–H groups in total. The number of rotatable bonds is 6.